The summed E-state index contributed by atoms with van der Waals surface area (Å²) in [5.41, 5.74) is 0.216. The van der Waals surface area contributed by atoms with E-state index in [4.69, 9.17) is 4.74 Å². The van der Waals surface area contributed by atoms with Crippen LogP contribution in [0.2, 0.25) is 0 Å². The van der Waals surface area contributed by atoms with E-state index in [1.165, 1.54) is 13.3 Å². The van der Waals surface area contributed by atoms with Crippen molar-refractivity contribution >= 4 is 22.6 Å². The van der Waals surface area contributed by atoms with Crippen LogP contribution in [0.5, 0.6) is 5.75 Å². The van der Waals surface area contributed by atoms with Crippen molar-refractivity contribution in [1.29, 1.82) is 0 Å². The number of hydrogen-bond acceptors (Lipinski definition) is 5. The van der Waals surface area contributed by atoms with E-state index < -0.39 is 17.2 Å². The van der Waals surface area contributed by atoms with Crippen LogP contribution in [0.4, 0.5) is 14.5 Å². The summed E-state index contributed by atoms with van der Waals surface area (Å²) in [7, 11) is 3.09. The predicted octanol–water partition coefficient (Wildman–Crippen LogP) is 3.23. The summed E-state index contributed by atoms with van der Waals surface area (Å²) in [5.74, 6) is -1.98. The smallest absolute Gasteiger partial charge is 0.341 e. The van der Waals surface area contributed by atoms with Crippen molar-refractivity contribution in [3.63, 3.8) is 0 Å². The Balaban J connectivity index is 1.85. The summed E-state index contributed by atoms with van der Waals surface area (Å²) in [6.45, 7) is 0.987. The Labute approximate surface area is 177 Å². The van der Waals surface area contributed by atoms with Crippen LogP contribution in [0.15, 0.2) is 28.5 Å². The number of carboxylic acids is 1. The van der Waals surface area contributed by atoms with Crippen molar-refractivity contribution in [2.24, 2.45) is 0 Å². The zero-order valence-electron chi connectivity index (χ0n) is 17.5. The maximum absolute atomic E-state index is 15.3. The standard InChI is InChI=1S/C22H25F2N3O4/c1-25-10-17(24)12-5-7-26(8-6-12)19-16(23)9-14-18(21(19)31-2)27(13-3-4-13)11-15(20(14)28)22(29)30/h9,11,13,25H,3-8,10H2,1-2H3,(H,29,30). The Morgan fingerprint density at radius 1 is 1.32 bits per heavy atom. The van der Waals surface area contributed by atoms with E-state index >= 15 is 4.39 Å². The topological polar surface area (TPSA) is 83.8 Å². The van der Waals surface area contributed by atoms with Crippen LogP contribution in [-0.2, 0) is 0 Å². The molecule has 1 aromatic heterocycles. The first-order valence-corrected chi connectivity index (χ1v) is 10.3. The zero-order valence-corrected chi connectivity index (χ0v) is 17.5. The monoisotopic (exact) mass is 433 g/mol. The molecule has 166 valence electrons. The Morgan fingerprint density at radius 3 is 2.55 bits per heavy atom. The predicted molar refractivity (Wildman–Crippen MR) is 113 cm³/mol. The molecule has 0 spiro atoms. The number of nitrogens with zero attached hydrogens (tertiary/aromatic N) is 2. The van der Waals surface area contributed by atoms with Gasteiger partial charge in [-0.15, -0.1) is 0 Å². The Bertz CT molecular complexity index is 1130. The average molecular weight is 433 g/mol. The quantitative estimate of drug-likeness (QED) is 0.728. The van der Waals surface area contributed by atoms with Crippen LogP contribution in [0.25, 0.3) is 10.9 Å². The third kappa shape index (κ3) is 3.78. The van der Waals surface area contributed by atoms with E-state index in [2.05, 4.69) is 5.32 Å². The molecule has 0 radical (unpaired) electrons. The van der Waals surface area contributed by atoms with Gasteiger partial charge in [-0.05, 0) is 44.4 Å². The molecular formula is C22H25F2N3O4. The van der Waals surface area contributed by atoms with Gasteiger partial charge in [-0.1, -0.05) is 0 Å². The molecule has 1 aliphatic carbocycles. The van der Waals surface area contributed by atoms with Gasteiger partial charge in [0.05, 0.1) is 18.0 Å². The lowest BCUT2D eigenvalue weighted by Gasteiger charge is -2.32. The fourth-order valence-corrected chi connectivity index (χ4v) is 4.28. The molecule has 2 aromatic rings. The number of methoxy groups -OCH3 is 1. The van der Waals surface area contributed by atoms with E-state index in [1.54, 1.807) is 16.5 Å². The number of hydrogen-bond donors (Lipinski definition) is 2. The molecule has 4 rings (SSSR count). The van der Waals surface area contributed by atoms with Crippen LogP contribution in [-0.4, -0.2) is 49.4 Å². The first-order valence-electron chi connectivity index (χ1n) is 10.3. The highest BCUT2D eigenvalue weighted by Crippen LogP contribution is 2.44. The fraction of sp³-hybridized carbons (Fsp3) is 0.455. The Morgan fingerprint density at radius 2 is 2.00 bits per heavy atom. The second kappa shape index (κ2) is 8.30. The summed E-state index contributed by atoms with van der Waals surface area (Å²) in [5, 5.41) is 12.2. The van der Waals surface area contributed by atoms with E-state index in [0.717, 1.165) is 18.9 Å². The zero-order chi connectivity index (χ0) is 22.3. The van der Waals surface area contributed by atoms with E-state index in [0.29, 0.717) is 37.0 Å². The minimum absolute atomic E-state index is 0.0115. The van der Waals surface area contributed by atoms with E-state index in [-0.39, 0.29) is 40.8 Å². The molecule has 1 saturated heterocycles. The number of fused-ring (bicyclic) bond motifs is 1. The molecule has 2 aliphatic rings. The van der Waals surface area contributed by atoms with Crippen molar-refractivity contribution in [1.82, 2.24) is 9.88 Å². The molecule has 9 heteroatoms. The molecule has 0 unspecified atom stereocenters. The number of piperidine rings is 1. The SMILES string of the molecule is CNCC(F)=C1CCN(c2c(F)cc3c(=O)c(C(=O)O)cn(C4CC4)c3c2OC)CC1. The van der Waals surface area contributed by atoms with Crippen molar-refractivity contribution < 1.29 is 23.4 Å². The lowest BCUT2D eigenvalue weighted by Crippen LogP contribution is -2.32. The number of aromatic carboxylic acids is 1. The van der Waals surface area contributed by atoms with E-state index in [9.17, 15) is 19.1 Å². The number of halogens is 2. The van der Waals surface area contributed by atoms with Crippen molar-refractivity contribution in [3.05, 3.63) is 45.3 Å². The minimum Gasteiger partial charge on any atom is -0.492 e. The number of anilines is 1. The van der Waals surface area contributed by atoms with Gasteiger partial charge in [0.25, 0.3) is 0 Å². The first-order chi connectivity index (χ1) is 14.9. The van der Waals surface area contributed by atoms with Gasteiger partial charge in [0, 0.05) is 31.9 Å². The summed E-state index contributed by atoms with van der Waals surface area (Å²) < 4.78 is 36.8. The highest BCUT2D eigenvalue weighted by Gasteiger charge is 2.32. The third-order valence-corrected chi connectivity index (χ3v) is 5.97. The van der Waals surface area contributed by atoms with Crippen molar-refractivity contribution in [2.75, 3.05) is 38.7 Å². The van der Waals surface area contributed by atoms with Crippen LogP contribution >= 0.6 is 0 Å². The van der Waals surface area contributed by atoms with Crippen LogP contribution in [0, 0.1) is 5.82 Å². The molecule has 0 amide bonds. The average Bonchev–Trinajstić information content (AvgIpc) is 3.59. The molecule has 0 atom stereocenters. The van der Waals surface area contributed by atoms with Gasteiger partial charge in [-0.2, -0.15) is 0 Å². The number of rotatable bonds is 6. The number of pyridine rings is 1. The maximum atomic E-state index is 15.3. The number of aromatic nitrogens is 1. The number of benzene rings is 1. The fourth-order valence-electron chi connectivity index (χ4n) is 4.28. The highest BCUT2D eigenvalue weighted by molar-refractivity contribution is 5.97. The summed E-state index contributed by atoms with van der Waals surface area (Å²) >= 11 is 0. The normalized spacial score (nSPS) is 16.6. The molecule has 0 bridgehead atoms. The van der Waals surface area contributed by atoms with Gasteiger partial charge >= 0.3 is 5.97 Å². The lowest BCUT2D eigenvalue weighted by atomic mass is 10.0. The second-order valence-electron chi connectivity index (χ2n) is 7.98. The third-order valence-electron chi connectivity index (χ3n) is 5.97. The minimum atomic E-state index is -1.34. The number of likely N-dealkylation sites (N-methyl/N-ethyl adjacent to an activating group) is 1. The molecule has 7 nitrogen and oxygen atoms in total. The summed E-state index contributed by atoms with van der Waals surface area (Å²) in [6.07, 6.45) is 3.94. The summed E-state index contributed by atoms with van der Waals surface area (Å²) in [6, 6.07) is 1.15. The second-order valence-corrected chi connectivity index (χ2v) is 7.98. The Kier molecular flexibility index (Phi) is 5.70. The van der Waals surface area contributed by atoms with Gasteiger partial charge in [0.1, 0.15) is 17.1 Å². The number of nitrogens with one attached hydrogen (secondary N) is 1. The van der Waals surface area contributed by atoms with Gasteiger partial charge in [0.15, 0.2) is 11.6 Å². The van der Waals surface area contributed by atoms with E-state index in [1.807, 2.05) is 0 Å². The largest absolute Gasteiger partial charge is 0.492 e. The van der Waals surface area contributed by atoms with Gasteiger partial charge in [-0.3, -0.25) is 4.79 Å². The number of carbonyl (C=O) groups is 1. The number of ether oxygens (including phenoxy) is 1. The molecule has 1 saturated carbocycles. The molecular weight excluding hydrogens is 408 g/mol. The van der Waals surface area contributed by atoms with Gasteiger partial charge in [0.2, 0.25) is 5.43 Å². The molecule has 1 aliphatic heterocycles. The molecule has 2 heterocycles. The van der Waals surface area contributed by atoms with Gasteiger partial charge in [-0.25, -0.2) is 13.6 Å². The molecule has 31 heavy (non-hydrogen) atoms. The molecule has 2 fully saturated rings. The number of carboxylic acid groups (broad SMARTS) is 1. The lowest BCUT2D eigenvalue weighted by molar-refractivity contribution is 0.0695. The molecule has 2 N–H and O–H groups in total. The van der Waals surface area contributed by atoms with Crippen LogP contribution in [0.1, 0.15) is 42.1 Å². The highest BCUT2D eigenvalue weighted by atomic mass is 19.1. The van der Waals surface area contributed by atoms with Crippen molar-refractivity contribution in [3.8, 4) is 5.75 Å². The maximum Gasteiger partial charge on any atom is 0.341 e. The van der Waals surface area contributed by atoms with Gasteiger partial charge < -0.3 is 24.6 Å². The summed E-state index contributed by atoms with van der Waals surface area (Å²) in [4.78, 5) is 26.1. The Hall–Kier alpha value is -2.94. The van der Waals surface area contributed by atoms with Crippen LogP contribution in [0.3, 0.4) is 0 Å². The molecule has 1 aromatic carbocycles. The van der Waals surface area contributed by atoms with Crippen molar-refractivity contribution in [2.45, 2.75) is 31.7 Å². The first kappa shape index (κ1) is 21.3. The van der Waals surface area contributed by atoms with Crippen LogP contribution < -0.4 is 20.4 Å².